The molecule has 1 aliphatic carbocycles. The zero-order valence-electron chi connectivity index (χ0n) is 10.9. The van der Waals surface area contributed by atoms with Gasteiger partial charge < -0.3 is 0 Å². The number of aromatic nitrogens is 2. The van der Waals surface area contributed by atoms with E-state index in [1.54, 1.807) is 25.6 Å². The van der Waals surface area contributed by atoms with Crippen molar-refractivity contribution < 1.29 is 8.42 Å². The molecule has 0 aromatic carbocycles. The molecule has 1 saturated carbocycles. The number of hydrogen-bond donors (Lipinski definition) is 0. The van der Waals surface area contributed by atoms with Crippen molar-refractivity contribution in [2.45, 2.75) is 37.6 Å². The first kappa shape index (κ1) is 13.8. The average Bonchev–Trinajstić information content (AvgIpc) is 3.04. The summed E-state index contributed by atoms with van der Waals surface area (Å²) in [4.78, 5) is 0.335. The molecule has 0 unspecified atom stereocenters. The van der Waals surface area contributed by atoms with Crippen LogP contribution >= 0.6 is 11.6 Å². The molecule has 0 atom stereocenters. The lowest BCUT2D eigenvalue weighted by Gasteiger charge is -2.20. The van der Waals surface area contributed by atoms with Crippen LogP contribution in [0, 0.1) is 13.8 Å². The molecule has 0 amide bonds. The van der Waals surface area contributed by atoms with Gasteiger partial charge in [0, 0.05) is 25.5 Å². The highest BCUT2D eigenvalue weighted by molar-refractivity contribution is 7.89. The van der Waals surface area contributed by atoms with Gasteiger partial charge in [-0.25, -0.2) is 8.42 Å². The lowest BCUT2D eigenvalue weighted by Crippen LogP contribution is -2.35. The van der Waals surface area contributed by atoms with E-state index in [0.717, 1.165) is 12.8 Å². The predicted octanol–water partition coefficient (Wildman–Crippen LogP) is 1.43. The molecule has 0 radical (unpaired) electrons. The summed E-state index contributed by atoms with van der Waals surface area (Å²) in [7, 11) is -1.72. The van der Waals surface area contributed by atoms with E-state index in [0.29, 0.717) is 28.7 Å². The van der Waals surface area contributed by atoms with Crippen molar-refractivity contribution in [2.24, 2.45) is 7.05 Å². The summed E-state index contributed by atoms with van der Waals surface area (Å²) in [5, 5.41) is 4.18. The minimum absolute atomic E-state index is 0.118. The maximum atomic E-state index is 12.7. The van der Waals surface area contributed by atoms with Gasteiger partial charge in [0.05, 0.1) is 11.4 Å². The van der Waals surface area contributed by atoms with Crippen molar-refractivity contribution in [2.75, 3.05) is 12.4 Å². The lowest BCUT2D eigenvalue weighted by molar-refractivity contribution is 0.422. The average molecular weight is 292 g/mol. The van der Waals surface area contributed by atoms with E-state index >= 15 is 0 Å². The van der Waals surface area contributed by atoms with Gasteiger partial charge >= 0.3 is 0 Å². The molecule has 1 aliphatic rings. The Morgan fingerprint density at radius 1 is 1.44 bits per heavy atom. The van der Waals surface area contributed by atoms with Crippen molar-refractivity contribution in [3.05, 3.63) is 11.4 Å². The molecule has 7 heteroatoms. The fraction of sp³-hybridized carbons (Fsp3) is 0.727. The molecule has 0 aliphatic heterocycles. The molecule has 1 fully saturated rings. The molecule has 18 heavy (non-hydrogen) atoms. The summed E-state index contributed by atoms with van der Waals surface area (Å²) in [5.74, 6) is 0.314. The van der Waals surface area contributed by atoms with E-state index in [9.17, 15) is 8.42 Å². The van der Waals surface area contributed by atoms with E-state index < -0.39 is 10.0 Å². The van der Waals surface area contributed by atoms with Crippen LogP contribution in [0.2, 0.25) is 0 Å². The fourth-order valence-corrected chi connectivity index (χ4v) is 4.56. The normalized spacial score (nSPS) is 16.5. The quantitative estimate of drug-likeness (QED) is 0.771. The second-order valence-electron chi connectivity index (χ2n) is 4.66. The third kappa shape index (κ3) is 2.29. The van der Waals surface area contributed by atoms with E-state index in [4.69, 9.17) is 11.6 Å². The number of aryl methyl sites for hydroxylation is 2. The van der Waals surface area contributed by atoms with Gasteiger partial charge in [-0.3, -0.25) is 4.68 Å². The minimum atomic E-state index is -3.47. The lowest BCUT2D eigenvalue weighted by atomic mass is 10.4. The zero-order valence-corrected chi connectivity index (χ0v) is 12.4. The van der Waals surface area contributed by atoms with Gasteiger partial charge in [0.25, 0.3) is 0 Å². The smallest absolute Gasteiger partial charge is 0.247 e. The third-order valence-corrected chi connectivity index (χ3v) is 5.64. The number of rotatable bonds is 5. The number of hydrogen-bond acceptors (Lipinski definition) is 3. The molecule has 0 N–H and O–H groups in total. The first-order valence-corrected chi connectivity index (χ1v) is 7.95. The predicted molar refractivity (Wildman–Crippen MR) is 70.3 cm³/mol. The summed E-state index contributed by atoms with van der Waals surface area (Å²) >= 11 is 5.72. The van der Waals surface area contributed by atoms with Gasteiger partial charge in [-0.05, 0) is 26.7 Å². The van der Waals surface area contributed by atoms with Crippen LogP contribution in [-0.4, -0.2) is 41.0 Å². The minimum Gasteiger partial charge on any atom is -0.271 e. The topological polar surface area (TPSA) is 55.2 Å². The fourth-order valence-electron chi connectivity index (χ4n) is 2.19. The number of sulfonamides is 1. The molecule has 1 aromatic heterocycles. The van der Waals surface area contributed by atoms with Gasteiger partial charge in [-0.15, -0.1) is 11.6 Å². The number of nitrogens with zero attached hydrogens (tertiary/aromatic N) is 3. The van der Waals surface area contributed by atoms with Crippen LogP contribution in [-0.2, 0) is 17.1 Å². The summed E-state index contributed by atoms with van der Waals surface area (Å²) in [6.07, 6.45) is 1.85. The molecule has 0 spiro atoms. The molecule has 102 valence electrons. The number of alkyl halides is 1. The van der Waals surface area contributed by atoms with Crippen LogP contribution in [0.25, 0.3) is 0 Å². The van der Waals surface area contributed by atoms with Crippen LogP contribution in [0.4, 0.5) is 0 Å². The maximum Gasteiger partial charge on any atom is 0.247 e. The van der Waals surface area contributed by atoms with Crippen LogP contribution in [0.5, 0.6) is 0 Å². The van der Waals surface area contributed by atoms with Crippen LogP contribution in [0.3, 0.4) is 0 Å². The molecular weight excluding hydrogens is 274 g/mol. The third-order valence-electron chi connectivity index (χ3n) is 3.27. The Hall–Kier alpha value is -0.590. The highest BCUT2D eigenvalue weighted by atomic mass is 35.5. The Balaban J connectivity index is 2.46. The number of halogens is 1. The highest BCUT2D eigenvalue weighted by Crippen LogP contribution is 2.33. The summed E-state index contributed by atoms with van der Waals surface area (Å²) < 4.78 is 28.5. The molecule has 1 heterocycles. The van der Waals surface area contributed by atoms with E-state index in [2.05, 4.69) is 5.10 Å². The molecule has 0 bridgehead atoms. The summed E-state index contributed by atoms with van der Waals surface area (Å²) in [5.41, 5.74) is 1.22. The first-order valence-electron chi connectivity index (χ1n) is 5.97. The monoisotopic (exact) mass is 291 g/mol. The van der Waals surface area contributed by atoms with Gasteiger partial charge in [-0.1, -0.05) is 0 Å². The zero-order chi connectivity index (χ0) is 13.5. The second kappa shape index (κ2) is 4.83. The maximum absolute atomic E-state index is 12.7. The van der Waals surface area contributed by atoms with Gasteiger partial charge in [0.2, 0.25) is 10.0 Å². The van der Waals surface area contributed by atoms with E-state index in [-0.39, 0.29) is 6.04 Å². The van der Waals surface area contributed by atoms with Crippen LogP contribution in [0.15, 0.2) is 4.90 Å². The Morgan fingerprint density at radius 3 is 2.44 bits per heavy atom. The van der Waals surface area contributed by atoms with Crippen molar-refractivity contribution in [1.29, 1.82) is 0 Å². The van der Waals surface area contributed by atoms with Gasteiger partial charge in [-0.2, -0.15) is 9.40 Å². The first-order chi connectivity index (χ1) is 8.39. The SMILES string of the molecule is Cc1nn(C)c(C)c1S(=O)(=O)N(CCCl)C1CC1. The Morgan fingerprint density at radius 2 is 2.06 bits per heavy atom. The van der Waals surface area contributed by atoms with Crippen molar-refractivity contribution >= 4 is 21.6 Å². The molecular formula is C11H18ClN3O2S. The summed E-state index contributed by atoms with van der Waals surface area (Å²) in [6, 6.07) is 0.118. The molecule has 5 nitrogen and oxygen atoms in total. The van der Waals surface area contributed by atoms with Crippen molar-refractivity contribution in [3.8, 4) is 0 Å². The Kier molecular flexibility index (Phi) is 3.71. The standard InChI is InChI=1S/C11H18ClN3O2S/c1-8-11(9(2)14(3)13-8)18(16,17)15(7-6-12)10-4-5-10/h10H,4-7H2,1-3H3. The summed E-state index contributed by atoms with van der Waals surface area (Å²) in [6.45, 7) is 3.87. The molecule has 0 saturated heterocycles. The largest absolute Gasteiger partial charge is 0.271 e. The van der Waals surface area contributed by atoms with Crippen molar-refractivity contribution in [3.63, 3.8) is 0 Å². The Bertz CT molecular complexity index is 549. The van der Waals surface area contributed by atoms with Gasteiger partial charge in [0.1, 0.15) is 4.90 Å². The Labute approximate surface area is 113 Å². The van der Waals surface area contributed by atoms with Gasteiger partial charge in [0.15, 0.2) is 0 Å². The van der Waals surface area contributed by atoms with Crippen LogP contribution < -0.4 is 0 Å². The van der Waals surface area contributed by atoms with Crippen LogP contribution in [0.1, 0.15) is 24.2 Å². The highest BCUT2D eigenvalue weighted by Gasteiger charge is 2.39. The molecule has 1 aromatic rings. The second-order valence-corrected chi connectivity index (χ2v) is 6.86. The van der Waals surface area contributed by atoms with E-state index in [1.165, 1.54) is 4.31 Å². The van der Waals surface area contributed by atoms with Crippen molar-refractivity contribution in [1.82, 2.24) is 14.1 Å². The molecule has 2 rings (SSSR count). The van der Waals surface area contributed by atoms with E-state index in [1.807, 2.05) is 0 Å².